The molecule has 7 nitrogen and oxygen atoms in total. The highest BCUT2D eigenvalue weighted by Crippen LogP contribution is 2.23. The number of anilines is 1. The summed E-state index contributed by atoms with van der Waals surface area (Å²) in [6.07, 6.45) is 6.69. The molecule has 202 valence electrons. The molecule has 1 fully saturated rings. The maximum atomic E-state index is 13.8. The summed E-state index contributed by atoms with van der Waals surface area (Å²) < 4.78 is 26.7. The van der Waals surface area contributed by atoms with Gasteiger partial charge in [0.1, 0.15) is 12.6 Å². The lowest BCUT2D eigenvalue weighted by Crippen LogP contribution is -2.53. The molecule has 0 aliphatic heterocycles. The molecule has 0 saturated heterocycles. The van der Waals surface area contributed by atoms with Gasteiger partial charge in [-0.05, 0) is 74.1 Å². The quantitative estimate of drug-likeness (QED) is 0.454. The summed E-state index contributed by atoms with van der Waals surface area (Å²) in [4.78, 5) is 28.7. The third kappa shape index (κ3) is 8.20. The molecule has 3 rings (SSSR count). The van der Waals surface area contributed by atoms with Gasteiger partial charge in [-0.25, -0.2) is 8.42 Å². The van der Waals surface area contributed by atoms with Gasteiger partial charge in [0, 0.05) is 17.6 Å². The Labute approximate surface area is 226 Å². The molecule has 0 unspecified atom stereocenters. The van der Waals surface area contributed by atoms with Gasteiger partial charge in [-0.3, -0.25) is 13.9 Å². The molecular formula is C28H38ClN3O4S. The first kappa shape index (κ1) is 29.0. The van der Waals surface area contributed by atoms with Crippen molar-refractivity contribution in [3.63, 3.8) is 0 Å². The predicted octanol–water partition coefficient (Wildman–Crippen LogP) is 4.98. The summed E-state index contributed by atoms with van der Waals surface area (Å²) >= 11 is 6.05. The van der Waals surface area contributed by atoms with Gasteiger partial charge in [0.2, 0.25) is 21.8 Å². The summed E-state index contributed by atoms with van der Waals surface area (Å²) in [5, 5.41) is 3.72. The second kappa shape index (κ2) is 12.8. The highest BCUT2D eigenvalue weighted by molar-refractivity contribution is 7.92. The zero-order valence-corrected chi connectivity index (χ0v) is 23.7. The van der Waals surface area contributed by atoms with Crippen LogP contribution in [0.3, 0.4) is 0 Å². The molecule has 2 aromatic rings. The van der Waals surface area contributed by atoms with Gasteiger partial charge in [-0.2, -0.15) is 0 Å². The molecular weight excluding hydrogens is 510 g/mol. The van der Waals surface area contributed by atoms with Gasteiger partial charge >= 0.3 is 0 Å². The Morgan fingerprint density at radius 1 is 1.03 bits per heavy atom. The summed E-state index contributed by atoms with van der Waals surface area (Å²) in [6.45, 7) is 5.40. The number of aryl methyl sites for hydroxylation is 2. The lowest BCUT2D eigenvalue weighted by molar-refractivity contribution is -0.140. The Hall–Kier alpha value is -2.58. The van der Waals surface area contributed by atoms with E-state index < -0.39 is 28.5 Å². The van der Waals surface area contributed by atoms with Crippen LogP contribution in [0.1, 0.15) is 62.1 Å². The van der Waals surface area contributed by atoms with Crippen LogP contribution in [-0.2, 0) is 26.2 Å². The third-order valence-electron chi connectivity index (χ3n) is 6.78. The number of nitrogens with zero attached hydrogens (tertiary/aromatic N) is 2. The number of nitrogens with one attached hydrogen (secondary N) is 1. The lowest BCUT2D eigenvalue weighted by atomic mass is 9.95. The fourth-order valence-electron chi connectivity index (χ4n) is 4.96. The normalized spacial score (nSPS) is 15.2. The van der Waals surface area contributed by atoms with E-state index in [1.54, 1.807) is 24.3 Å². The highest BCUT2D eigenvalue weighted by Gasteiger charge is 2.32. The van der Waals surface area contributed by atoms with Crippen molar-refractivity contribution in [1.29, 1.82) is 0 Å². The number of carbonyl (C=O) groups excluding carboxylic acids is 2. The monoisotopic (exact) mass is 547 g/mol. The summed E-state index contributed by atoms with van der Waals surface area (Å²) in [5.41, 5.74) is 3.03. The molecule has 2 amide bonds. The van der Waals surface area contributed by atoms with Gasteiger partial charge in [0.15, 0.2) is 0 Å². The smallest absolute Gasteiger partial charge is 0.244 e. The number of hydrogen-bond donors (Lipinski definition) is 1. The van der Waals surface area contributed by atoms with Crippen molar-refractivity contribution in [3.8, 4) is 0 Å². The Kier molecular flexibility index (Phi) is 10.0. The number of amides is 2. The second-order valence-corrected chi connectivity index (χ2v) is 12.4. The van der Waals surface area contributed by atoms with Crippen molar-refractivity contribution in [2.75, 3.05) is 17.1 Å². The van der Waals surface area contributed by atoms with Crippen molar-refractivity contribution in [2.24, 2.45) is 0 Å². The first-order valence-corrected chi connectivity index (χ1v) is 15.1. The highest BCUT2D eigenvalue weighted by atomic mass is 35.5. The number of rotatable bonds is 10. The topological polar surface area (TPSA) is 86.8 Å². The molecule has 9 heteroatoms. The van der Waals surface area contributed by atoms with E-state index in [9.17, 15) is 18.0 Å². The minimum Gasteiger partial charge on any atom is -0.352 e. The molecule has 2 aromatic carbocycles. The standard InChI is InChI=1S/C28H38ClN3O4S/c1-5-26(28(34)30-24-9-7-6-8-10-24)31(18-22-11-13-23(29)14-12-22)27(33)19-32(37(4,35)36)25-16-20(2)15-21(3)17-25/h11-17,24,26H,5-10,18-19H2,1-4H3,(H,30,34)/t26-/m1/s1. The van der Waals surface area contributed by atoms with E-state index in [1.807, 2.05) is 39.0 Å². The maximum Gasteiger partial charge on any atom is 0.244 e. The summed E-state index contributed by atoms with van der Waals surface area (Å²) in [5.74, 6) is -0.640. The van der Waals surface area contributed by atoms with Crippen molar-refractivity contribution < 1.29 is 18.0 Å². The average Bonchev–Trinajstić information content (AvgIpc) is 2.82. The largest absolute Gasteiger partial charge is 0.352 e. The van der Waals surface area contributed by atoms with E-state index in [2.05, 4.69) is 5.32 Å². The van der Waals surface area contributed by atoms with Crippen molar-refractivity contribution >= 4 is 39.1 Å². The van der Waals surface area contributed by atoms with Crippen LogP contribution in [-0.4, -0.2) is 50.0 Å². The number of halogens is 1. The van der Waals surface area contributed by atoms with E-state index in [0.717, 1.165) is 52.9 Å². The maximum absolute atomic E-state index is 13.8. The van der Waals surface area contributed by atoms with Crippen LogP contribution in [0.2, 0.25) is 5.02 Å². The summed E-state index contributed by atoms with van der Waals surface area (Å²) in [6, 6.07) is 11.9. The van der Waals surface area contributed by atoms with Crippen LogP contribution in [0, 0.1) is 13.8 Å². The Balaban J connectivity index is 1.92. The molecule has 0 spiro atoms. The number of hydrogen-bond acceptors (Lipinski definition) is 4. The molecule has 1 atom stereocenters. The molecule has 1 aliphatic rings. The van der Waals surface area contributed by atoms with E-state index in [0.29, 0.717) is 17.1 Å². The fraction of sp³-hybridized carbons (Fsp3) is 0.500. The fourth-order valence-corrected chi connectivity index (χ4v) is 5.92. The second-order valence-electron chi connectivity index (χ2n) is 10.0. The Morgan fingerprint density at radius 3 is 2.16 bits per heavy atom. The lowest BCUT2D eigenvalue weighted by Gasteiger charge is -2.34. The first-order valence-electron chi connectivity index (χ1n) is 12.9. The zero-order chi connectivity index (χ0) is 27.2. The molecule has 0 heterocycles. The van der Waals surface area contributed by atoms with Crippen LogP contribution >= 0.6 is 11.6 Å². The SMILES string of the molecule is CC[C@H](C(=O)NC1CCCCC1)N(Cc1ccc(Cl)cc1)C(=O)CN(c1cc(C)cc(C)c1)S(C)(=O)=O. The molecule has 1 aliphatic carbocycles. The molecule has 1 saturated carbocycles. The minimum absolute atomic E-state index is 0.102. The van der Waals surface area contributed by atoms with Gasteiger partial charge in [0.05, 0.1) is 11.9 Å². The molecule has 0 radical (unpaired) electrons. The zero-order valence-electron chi connectivity index (χ0n) is 22.2. The van der Waals surface area contributed by atoms with E-state index >= 15 is 0 Å². The van der Waals surface area contributed by atoms with E-state index in [-0.39, 0.29) is 18.5 Å². The third-order valence-corrected chi connectivity index (χ3v) is 8.17. The van der Waals surface area contributed by atoms with Gasteiger partial charge in [-0.1, -0.05) is 56.0 Å². The van der Waals surface area contributed by atoms with Gasteiger partial charge < -0.3 is 10.2 Å². The number of carbonyl (C=O) groups is 2. The van der Waals surface area contributed by atoms with Crippen molar-refractivity contribution in [2.45, 2.75) is 77.9 Å². The van der Waals surface area contributed by atoms with Crippen LogP contribution in [0.25, 0.3) is 0 Å². The van der Waals surface area contributed by atoms with Crippen LogP contribution < -0.4 is 9.62 Å². The first-order chi connectivity index (χ1) is 17.5. The minimum atomic E-state index is -3.77. The number of benzene rings is 2. The molecule has 37 heavy (non-hydrogen) atoms. The van der Waals surface area contributed by atoms with E-state index in [4.69, 9.17) is 11.6 Å². The predicted molar refractivity (Wildman–Crippen MR) is 149 cm³/mol. The molecule has 0 aromatic heterocycles. The number of sulfonamides is 1. The summed E-state index contributed by atoms with van der Waals surface area (Å²) in [7, 11) is -3.77. The Bertz CT molecular complexity index is 1170. The van der Waals surface area contributed by atoms with Crippen LogP contribution in [0.15, 0.2) is 42.5 Å². The van der Waals surface area contributed by atoms with Gasteiger partial charge in [-0.15, -0.1) is 0 Å². The van der Waals surface area contributed by atoms with Crippen molar-refractivity contribution in [1.82, 2.24) is 10.2 Å². The van der Waals surface area contributed by atoms with Crippen molar-refractivity contribution in [3.05, 3.63) is 64.2 Å². The van der Waals surface area contributed by atoms with E-state index in [1.165, 1.54) is 11.3 Å². The molecule has 0 bridgehead atoms. The molecule has 1 N–H and O–H groups in total. The van der Waals surface area contributed by atoms with Crippen LogP contribution in [0.5, 0.6) is 0 Å². The Morgan fingerprint density at radius 2 is 1.62 bits per heavy atom. The van der Waals surface area contributed by atoms with Crippen LogP contribution in [0.4, 0.5) is 5.69 Å². The average molecular weight is 548 g/mol. The van der Waals surface area contributed by atoms with Gasteiger partial charge in [0.25, 0.3) is 0 Å².